The van der Waals surface area contributed by atoms with Crippen LogP contribution in [0.4, 0.5) is 18.9 Å². The quantitative estimate of drug-likeness (QED) is 0.917. The molecular weight excluding hydrogens is 277 g/mol. The third kappa shape index (κ3) is 4.34. The van der Waals surface area contributed by atoms with Crippen molar-refractivity contribution in [1.82, 2.24) is 0 Å². The van der Waals surface area contributed by atoms with E-state index in [1.54, 1.807) is 17.8 Å². The molecule has 0 aromatic heterocycles. The van der Waals surface area contributed by atoms with Crippen molar-refractivity contribution in [3.63, 3.8) is 0 Å². The number of alkyl halides is 3. The first-order valence-electron chi connectivity index (χ1n) is 5.80. The van der Waals surface area contributed by atoms with Crippen LogP contribution < -0.4 is 10.1 Å². The molecule has 0 spiro atoms. The molecule has 19 heavy (non-hydrogen) atoms. The van der Waals surface area contributed by atoms with E-state index in [2.05, 4.69) is 22.0 Å². The normalized spacial score (nSPS) is 19.2. The summed E-state index contributed by atoms with van der Waals surface area (Å²) in [6, 6.07) is 5.74. The van der Waals surface area contributed by atoms with Crippen molar-refractivity contribution in [2.75, 3.05) is 11.9 Å². The van der Waals surface area contributed by atoms with Crippen LogP contribution >= 0.6 is 11.8 Å². The maximum Gasteiger partial charge on any atom is 0.573 e. The molecule has 1 aromatic rings. The highest BCUT2D eigenvalue weighted by atomic mass is 32.2. The molecule has 1 aromatic carbocycles. The molecule has 0 radical (unpaired) electrons. The van der Waals surface area contributed by atoms with Crippen LogP contribution in [-0.2, 0) is 0 Å². The van der Waals surface area contributed by atoms with E-state index in [4.69, 9.17) is 0 Å². The first-order chi connectivity index (χ1) is 8.96. The molecule has 0 amide bonds. The zero-order chi connectivity index (χ0) is 13.9. The van der Waals surface area contributed by atoms with Crippen molar-refractivity contribution in [2.24, 2.45) is 4.99 Å². The first kappa shape index (κ1) is 14.0. The van der Waals surface area contributed by atoms with Gasteiger partial charge in [-0.2, -0.15) is 0 Å². The lowest BCUT2D eigenvalue weighted by Gasteiger charge is -2.11. The highest BCUT2D eigenvalue weighted by Crippen LogP contribution is 2.28. The molecule has 1 atom stereocenters. The molecular formula is C12H13F3N2OS. The van der Waals surface area contributed by atoms with E-state index in [-0.39, 0.29) is 5.75 Å². The summed E-state index contributed by atoms with van der Waals surface area (Å²) in [7, 11) is 0. The zero-order valence-corrected chi connectivity index (χ0v) is 11.0. The Morgan fingerprint density at radius 3 is 2.89 bits per heavy atom. The molecule has 104 valence electrons. The summed E-state index contributed by atoms with van der Waals surface area (Å²) in [5.74, 6) is -0.242. The highest BCUT2D eigenvalue weighted by Gasteiger charge is 2.31. The summed E-state index contributed by atoms with van der Waals surface area (Å²) in [5.41, 5.74) is 0.532. The Labute approximate surface area is 113 Å². The lowest BCUT2D eigenvalue weighted by molar-refractivity contribution is -0.274. The van der Waals surface area contributed by atoms with E-state index >= 15 is 0 Å². The Bertz CT molecular complexity index is 476. The average Bonchev–Trinajstić information content (AvgIpc) is 2.75. The molecule has 1 aliphatic heterocycles. The number of ether oxygens (including phenoxy) is 1. The predicted molar refractivity (Wildman–Crippen MR) is 70.7 cm³/mol. The molecule has 1 N–H and O–H groups in total. The van der Waals surface area contributed by atoms with Gasteiger partial charge in [-0.25, -0.2) is 0 Å². The maximum atomic E-state index is 12.1. The lowest BCUT2D eigenvalue weighted by atomic mass is 10.3. The number of anilines is 1. The SMILES string of the molecule is CCC1CN=C(Nc2cccc(OC(F)(F)F)c2)S1. The number of nitrogens with one attached hydrogen (secondary N) is 1. The van der Waals surface area contributed by atoms with Crippen molar-refractivity contribution < 1.29 is 17.9 Å². The fourth-order valence-electron chi connectivity index (χ4n) is 1.59. The molecule has 1 aliphatic rings. The number of hydrogen-bond acceptors (Lipinski definition) is 4. The Balaban J connectivity index is 2.00. The second kappa shape index (κ2) is 5.73. The van der Waals surface area contributed by atoms with Gasteiger partial charge in [-0.1, -0.05) is 24.8 Å². The van der Waals surface area contributed by atoms with Gasteiger partial charge in [-0.05, 0) is 18.6 Å². The van der Waals surface area contributed by atoms with Crippen LogP contribution in [0.25, 0.3) is 0 Å². The molecule has 1 unspecified atom stereocenters. The predicted octanol–water partition coefficient (Wildman–Crippen LogP) is 3.88. The monoisotopic (exact) mass is 290 g/mol. The summed E-state index contributed by atoms with van der Waals surface area (Å²) < 4.78 is 40.2. The van der Waals surface area contributed by atoms with Crippen molar-refractivity contribution in [2.45, 2.75) is 25.0 Å². The zero-order valence-electron chi connectivity index (χ0n) is 10.2. The van der Waals surface area contributed by atoms with E-state index in [1.807, 2.05) is 0 Å². The minimum absolute atomic E-state index is 0.242. The smallest absolute Gasteiger partial charge is 0.406 e. The van der Waals surface area contributed by atoms with Crippen LogP contribution in [0.1, 0.15) is 13.3 Å². The Kier molecular flexibility index (Phi) is 4.24. The molecule has 0 saturated carbocycles. The summed E-state index contributed by atoms with van der Waals surface area (Å²) in [5, 5.41) is 4.17. The number of benzene rings is 1. The minimum atomic E-state index is -4.68. The van der Waals surface area contributed by atoms with E-state index in [0.29, 0.717) is 10.9 Å². The van der Waals surface area contributed by atoms with Gasteiger partial charge in [0.25, 0.3) is 0 Å². The number of amidine groups is 1. The van der Waals surface area contributed by atoms with Crippen molar-refractivity contribution in [3.8, 4) is 5.75 Å². The number of thioether (sulfide) groups is 1. The third-order valence-corrected chi connectivity index (χ3v) is 3.76. The molecule has 0 fully saturated rings. The Morgan fingerprint density at radius 2 is 2.26 bits per heavy atom. The Morgan fingerprint density at radius 1 is 1.47 bits per heavy atom. The fraction of sp³-hybridized carbons (Fsp3) is 0.417. The van der Waals surface area contributed by atoms with Gasteiger partial charge in [0, 0.05) is 17.0 Å². The van der Waals surface area contributed by atoms with E-state index in [9.17, 15) is 13.2 Å². The number of rotatable bonds is 3. The third-order valence-electron chi connectivity index (χ3n) is 2.49. The average molecular weight is 290 g/mol. The van der Waals surface area contributed by atoms with Crippen LogP contribution in [0.3, 0.4) is 0 Å². The summed E-state index contributed by atoms with van der Waals surface area (Å²) >= 11 is 1.60. The van der Waals surface area contributed by atoms with Crippen LogP contribution in [0, 0.1) is 0 Å². The summed E-state index contributed by atoms with van der Waals surface area (Å²) in [4.78, 5) is 4.29. The molecule has 0 bridgehead atoms. The van der Waals surface area contributed by atoms with Gasteiger partial charge in [0.05, 0.1) is 6.54 Å². The molecule has 7 heteroatoms. The number of halogens is 3. The van der Waals surface area contributed by atoms with Gasteiger partial charge >= 0.3 is 6.36 Å². The van der Waals surface area contributed by atoms with Gasteiger partial charge < -0.3 is 10.1 Å². The summed E-state index contributed by atoms with van der Waals surface area (Å²) in [6.07, 6.45) is -3.66. The van der Waals surface area contributed by atoms with Gasteiger partial charge in [0.2, 0.25) is 0 Å². The van der Waals surface area contributed by atoms with E-state index in [1.165, 1.54) is 18.2 Å². The number of nitrogens with zero attached hydrogens (tertiary/aromatic N) is 1. The minimum Gasteiger partial charge on any atom is -0.406 e. The van der Waals surface area contributed by atoms with Gasteiger partial charge in [-0.3, -0.25) is 4.99 Å². The maximum absolute atomic E-state index is 12.1. The second-order valence-corrected chi connectivity index (χ2v) is 5.28. The fourth-order valence-corrected chi connectivity index (χ4v) is 2.55. The summed E-state index contributed by atoms with van der Waals surface area (Å²) in [6.45, 7) is 2.82. The lowest BCUT2D eigenvalue weighted by Crippen LogP contribution is -2.17. The standard InChI is InChI=1S/C12H13F3N2OS/c1-2-10-7-16-11(19-10)17-8-4-3-5-9(6-8)18-12(13,14)15/h3-6,10H,2,7H2,1H3,(H,16,17). The van der Waals surface area contributed by atoms with Crippen molar-refractivity contribution in [3.05, 3.63) is 24.3 Å². The molecule has 1 heterocycles. The second-order valence-electron chi connectivity index (χ2n) is 3.99. The van der Waals surface area contributed by atoms with Crippen LogP contribution in [-0.4, -0.2) is 23.3 Å². The van der Waals surface area contributed by atoms with E-state index < -0.39 is 6.36 Å². The largest absolute Gasteiger partial charge is 0.573 e. The van der Waals surface area contributed by atoms with Crippen LogP contribution in [0.15, 0.2) is 29.3 Å². The van der Waals surface area contributed by atoms with Gasteiger partial charge in [-0.15, -0.1) is 13.2 Å². The van der Waals surface area contributed by atoms with Crippen molar-refractivity contribution >= 4 is 22.6 Å². The Hall–Kier alpha value is -1.37. The number of aliphatic imine (C=N–C) groups is 1. The highest BCUT2D eigenvalue weighted by molar-refractivity contribution is 8.15. The first-order valence-corrected chi connectivity index (χ1v) is 6.68. The molecule has 2 rings (SSSR count). The van der Waals surface area contributed by atoms with Crippen molar-refractivity contribution in [1.29, 1.82) is 0 Å². The van der Waals surface area contributed by atoms with Crippen LogP contribution in [0.5, 0.6) is 5.75 Å². The molecule has 3 nitrogen and oxygen atoms in total. The molecule has 0 saturated heterocycles. The van der Waals surface area contributed by atoms with Gasteiger partial charge in [0.1, 0.15) is 5.75 Å². The topological polar surface area (TPSA) is 33.6 Å². The van der Waals surface area contributed by atoms with Gasteiger partial charge in [0.15, 0.2) is 5.17 Å². The molecule has 0 aliphatic carbocycles. The van der Waals surface area contributed by atoms with E-state index in [0.717, 1.165) is 18.1 Å². The number of hydrogen-bond donors (Lipinski definition) is 1. The van der Waals surface area contributed by atoms with Crippen LogP contribution in [0.2, 0.25) is 0 Å².